The first kappa shape index (κ1) is 12.5. The van der Waals surface area contributed by atoms with E-state index in [0.717, 1.165) is 19.4 Å². The van der Waals surface area contributed by atoms with Crippen molar-refractivity contribution in [3.63, 3.8) is 0 Å². The quantitative estimate of drug-likeness (QED) is 0.800. The molecule has 84 valence electrons. The van der Waals surface area contributed by atoms with E-state index in [1.54, 1.807) is 0 Å². The molecule has 2 unspecified atom stereocenters. The van der Waals surface area contributed by atoms with Crippen molar-refractivity contribution in [3.8, 4) is 0 Å². The van der Waals surface area contributed by atoms with Gasteiger partial charge >= 0.3 is 0 Å². The molecule has 3 heteroatoms. The Kier molecular flexibility index (Phi) is 4.14. The first-order valence-corrected chi connectivity index (χ1v) is 5.16. The zero-order valence-electron chi connectivity index (χ0n) is 8.98. The molecule has 0 spiro atoms. The van der Waals surface area contributed by atoms with Crippen molar-refractivity contribution in [1.82, 2.24) is 0 Å². The van der Waals surface area contributed by atoms with E-state index in [0.29, 0.717) is 0 Å². The molecule has 1 aliphatic rings. The summed E-state index contributed by atoms with van der Waals surface area (Å²) in [7, 11) is 0. The predicted octanol–water partition coefficient (Wildman–Crippen LogP) is 2.46. The van der Waals surface area contributed by atoms with Gasteiger partial charge in [-0.25, -0.2) is 0 Å². The molecule has 2 nitrogen and oxygen atoms in total. The van der Waals surface area contributed by atoms with Gasteiger partial charge in [0.25, 0.3) is 0 Å². The van der Waals surface area contributed by atoms with Crippen LogP contribution in [0.15, 0.2) is 30.3 Å². The molecule has 1 aromatic carbocycles. The van der Waals surface area contributed by atoms with Crippen molar-refractivity contribution in [3.05, 3.63) is 35.9 Å². The second-order valence-electron chi connectivity index (χ2n) is 4.20. The van der Waals surface area contributed by atoms with Crippen molar-refractivity contribution in [2.45, 2.75) is 31.4 Å². The lowest BCUT2D eigenvalue weighted by Gasteiger charge is -2.37. The minimum atomic E-state index is -0.182. The van der Waals surface area contributed by atoms with Crippen molar-refractivity contribution in [2.24, 2.45) is 5.73 Å². The summed E-state index contributed by atoms with van der Waals surface area (Å²) >= 11 is 0. The number of hydrogen-bond donors (Lipinski definition) is 1. The highest BCUT2D eigenvalue weighted by Crippen LogP contribution is 2.33. The van der Waals surface area contributed by atoms with Gasteiger partial charge in [0.2, 0.25) is 0 Å². The first-order valence-electron chi connectivity index (χ1n) is 5.16. The van der Waals surface area contributed by atoms with Crippen LogP contribution in [-0.2, 0) is 10.3 Å². The molecule has 2 rings (SSSR count). The molecule has 1 fully saturated rings. The Balaban J connectivity index is 0.00000112. The number of nitrogens with two attached hydrogens (primary N) is 1. The summed E-state index contributed by atoms with van der Waals surface area (Å²) in [5.41, 5.74) is 7.02. The summed E-state index contributed by atoms with van der Waals surface area (Å²) < 4.78 is 5.84. The number of halogens is 1. The van der Waals surface area contributed by atoms with Crippen LogP contribution in [0, 0.1) is 0 Å². The lowest BCUT2D eigenvalue weighted by atomic mass is 9.86. The second-order valence-corrected chi connectivity index (χ2v) is 4.20. The third-order valence-corrected chi connectivity index (χ3v) is 2.95. The summed E-state index contributed by atoms with van der Waals surface area (Å²) in [6.07, 6.45) is 1.89. The highest BCUT2D eigenvalue weighted by atomic mass is 35.5. The van der Waals surface area contributed by atoms with Gasteiger partial charge < -0.3 is 10.5 Å². The molecule has 0 saturated carbocycles. The fraction of sp³-hybridized carbons (Fsp3) is 0.500. The Hall–Kier alpha value is -0.570. The smallest absolute Gasteiger partial charge is 0.0918 e. The van der Waals surface area contributed by atoms with Gasteiger partial charge in [0, 0.05) is 12.6 Å². The lowest BCUT2D eigenvalue weighted by molar-refractivity contribution is -0.0766. The molecule has 0 radical (unpaired) electrons. The SMILES string of the molecule is CC1(c2ccccc2)CC(N)CCO1.Cl. The average Bonchev–Trinajstić information content (AvgIpc) is 2.19. The largest absolute Gasteiger partial charge is 0.370 e. The fourth-order valence-electron chi connectivity index (χ4n) is 2.09. The van der Waals surface area contributed by atoms with Gasteiger partial charge in [-0.05, 0) is 25.3 Å². The van der Waals surface area contributed by atoms with Gasteiger partial charge in [0.05, 0.1) is 5.60 Å². The zero-order chi connectivity index (χ0) is 10.0. The van der Waals surface area contributed by atoms with Gasteiger partial charge in [-0.15, -0.1) is 12.4 Å². The summed E-state index contributed by atoms with van der Waals surface area (Å²) in [4.78, 5) is 0. The van der Waals surface area contributed by atoms with Crippen LogP contribution in [0.1, 0.15) is 25.3 Å². The molecular weight excluding hydrogens is 210 g/mol. The van der Waals surface area contributed by atoms with E-state index < -0.39 is 0 Å². The molecule has 0 aromatic heterocycles. The van der Waals surface area contributed by atoms with E-state index >= 15 is 0 Å². The molecule has 2 atom stereocenters. The Morgan fingerprint density at radius 1 is 1.33 bits per heavy atom. The minimum absolute atomic E-state index is 0. The Morgan fingerprint density at radius 2 is 2.00 bits per heavy atom. The Morgan fingerprint density at radius 3 is 2.60 bits per heavy atom. The van der Waals surface area contributed by atoms with Crippen LogP contribution in [0.4, 0.5) is 0 Å². The maximum atomic E-state index is 5.97. The Bertz CT molecular complexity index is 304. The molecule has 0 bridgehead atoms. The van der Waals surface area contributed by atoms with Crippen molar-refractivity contribution in [1.29, 1.82) is 0 Å². The third-order valence-electron chi connectivity index (χ3n) is 2.95. The number of hydrogen-bond acceptors (Lipinski definition) is 2. The van der Waals surface area contributed by atoms with Gasteiger partial charge in [-0.1, -0.05) is 30.3 Å². The van der Waals surface area contributed by atoms with Crippen LogP contribution in [0.5, 0.6) is 0 Å². The number of ether oxygens (including phenoxy) is 1. The van der Waals surface area contributed by atoms with Gasteiger partial charge in [0.15, 0.2) is 0 Å². The van der Waals surface area contributed by atoms with E-state index in [1.165, 1.54) is 5.56 Å². The van der Waals surface area contributed by atoms with E-state index in [2.05, 4.69) is 19.1 Å². The highest BCUT2D eigenvalue weighted by molar-refractivity contribution is 5.85. The van der Waals surface area contributed by atoms with Crippen LogP contribution in [0.3, 0.4) is 0 Å². The maximum Gasteiger partial charge on any atom is 0.0918 e. The molecule has 2 N–H and O–H groups in total. The van der Waals surface area contributed by atoms with E-state index in [4.69, 9.17) is 10.5 Å². The maximum absolute atomic E-state index is 5.97. The third kappa shape index (κ3) is 2.71. The summed E-state index contributed by atoms with van der Waals surface area (Å²) in [6, 6.07) is 10.6. The van der Waals surface area contributed by atoms with Crippen LogP contribution in [0.25, 0.3) is 0 Å². The minimum Gasteiger partial charge on any atom is -0.370 e. The number of benzene rings is 1. The highest BCUT2D eigenvalue weighted by Gasteiger charge is 2.33. The normalized spacial score (nSPS) is 30.7. The number of rotatable bonds is 1. The van der Waals surface area contributed by atoms with Crippen LogP contribution >= 0.6 is 12.4 Å². The molecule has 1 saturated heterocycles. The average molecular weight is 228 g/mol. The summed E-state index contributed by atoms with van der Waals surface area (Å²) in [5.74, 6) is 0. The molecule has 0 aliphatic carbocycles. The second kappa shape index (κ2) is 4.97. The van der Waals surface area contributed by atoms with Crippen LogP contribution < -0.4 is 5.73 Å². The summed E-state index contributed by atoms with van der Waals surface area (Å²) in [5, 5.41) is 0. The zero-order valence-corrected chi connectivity index (χ0v) is 9.80. The standard InChI is InChI=1S/C12H17NO.ClH/c1-12(9-11(13)7-8-14-12)10-5-3-2-4-6-10;/h2-6,11H,7-9,13H2,1H3;1H. The van der Waals surface area contributed by atoms with Crippen LogP contribution in [0.2, 0.25) is 0 Å². The molecule has 1 aromatic rings. The molecule has 0 amide bonds. The fourth-order valence-corrected chi connectivity index (χ4v) is 2.09. The van der Waals surface area contributed by atoms with E-state index in [-0.39, 0.29) is 24.0 Å². The molecule has 15 heavy (non-hydrogen) atoms. The summed E-state index contributed by atoms with van der Waals surface area (Å²) in [6.45, 7) is 2.90. The van der Waals surface area contributed by atoms with Crippen molar-refractivity contribution >= 4 is 12.4 Å². The molecule has 1 heterocycles. The van der Waals surface area contributed by atoms with Gasteiger partial charge in [-0.3, -0.25) is 0 Å². The topological polar surface area (TPSA) is 35.2 Å². The predicted molar refractivity (Wildman–Crippen MR) is 64.2 cm³/mol. The van der Waals surface area contributed by atoms with E-state index in [9.17, 15) is 0 Å². The lowest BCUT2D eigenvalue weighted by Crippen LogP contribution is -2.40. The molecular formula is C12H18ClNO. The first-order chi connectivity index (χ1) is 6.71. The Labute approximate surface area is 97.2 Å². The van der Waals surface area contributed by atoms with Crippen molar-refractivity contribution in [2.75, 3.05) is 6.61 Å². The van der Waals surface area contributed by atoms with Gasteiger partial charge in [0.1, 0.15) is 0 Å². The monoisotopic (exact) mass is 227 g/mol. The van der Waals surface area contributed by atoms with Crippen molar-refractivity contribution < 1.29 is 4.74 Å². The van der Waals surface area contributed by atoms with E-state index in [1.807, 2.05) is 18.2 Å². The molecule has 1 aliphatic heterocycles. The van der Waals surface area contributed by atoms with Gasteiger partial charge in [-0.2, -0.15) is 0 Å². The van der Waals surface area contributed by atoms with Crippen LogP contribution in [-0.4, -0.2) is 12.6 Å².